The normalized spacial score (nSPS) is 10.7. The predicted molar refractivity (Wildman–Crippen MR) is 49.4 cm³/mol. The largest absolute Gasteiger partial charge is 0.280 e. The number of hydrogen-bond donors (Lipinski definition) is 1. The van der Waals surface area contributed by atoms with Crippen LogP contribution in [0.1, 0.15) is 0 Å². The van der Waals surface area contributed by atoms with E-state index in [2.05, 4.69) is 0 Å². The summed E-state index contributed by atoms with van der Waals surface area (Å²) in [7, 11) is -3.89. The molecular weight excluding hydrogens is 226 g/mol. The van der Waals surface area contributed by atoms with Crippen LogP contribution in [0.15, 0.2) is 18.2 Å². The molecule has 4 nitrogen and oxygen atoms in total. The zero-order chi connectivity index (χ0) is 11.5. The van der Waals surface area contributed by atoms with Gasteiger partial charge in [0.25, 0.3) is 0 Å². The number of nitrogens with one attached hydrogen (secondary N) is 1. The number of rotatable bonds is 3. The van der Waals surface area contributed by atoms with E-state index >= 15 is 0 Å². The molecule has 0 atom stereocenters. The van der Waals surface area contributed by atoms with Gasteiger partial charge in [0.15, 0.2) is 5.75 Å². The monoisotopic (exact) mass is 232 g/mol. The molecule has 0 radical (unpaired) electrons. The Labute approximate surface area is 85.2 Å². The van der Waals surface area contributed by atoms with E-state index in [1.54, 1.807) is 0 Å². The summed E-state index contributed by atoms with van der Waals surface area (Å²) in [4.78, 5) is 0. The van der Waals surface area contributed by atoms with Crippen molar-refractivity contribution >= 4 is 15.7 Å². The van der Waals surface area contributed by atoms with E-state index in [-0.39, 0.29) is 5.69 Å². The van der Waals surface area contributed by atoms with Crippen LogP contribution in [0.3, 0.4) is 0 Å². The minimum atomic E-state index is -3.89. The van der Waals surface area contributed by atoms with Crippen molar-refractivity contribution in [3.63, 3.8) is 0 Å². The Morgan fingerprint density at radius 1 is 1.40 bits per heavy atom. The third-order valence-electron chi connectivity index (χ3n) is 1.45. The molecule has 1 rings (SSSR count). The number of nitrogens with zero attached hydrogens (tertiary/aromatic N) is 1. The van der Waals surface area contributed by atoms with E-state index < -0.39 is 27.4 Å². The van der Waals surface area contributed by atoms with Crippen molar-refractivity contribution in [2.45, 2.75) is 0 Å². The molecule has 0 unspecified atom stereocenters. The lowest BCUT2D eigenvalue weighted by molar-refractivity contribution is 0.583. The van der Waals surface area contributed by atoms with Crippen LogP contribution in [-0.4, -0.2) is 14.2 Å². The zero-order valence-corrected chi connectivity index (χ0v) is 8.18. The summed E-state index contributed by atoms with van der Waals surface area (Å²) in [6, 6.07) is 3.81. The predicted octanol–water partition coefficient (Wildman–Crippen LogP) is 1.23. The second-order valence-electron chi connectivity index (χ2n) is 2.64. The Morgan fingerprint density at radius 3 is 2.60 bits per heavy atom. The lowest BCUT2D eigenvalue weighted by Crippen LogP contribution is -2.16. The molecule has 15 heavy (non-hydrogen) atoms. The Hall–Kier alpha value is -1.68. The molecule has 1 aromatic rings. The SMILES string of the molecule is N#CCS(=O)(=O)Nc1ccc(F)cc1F. The van der Waals surface area contributed by atoms with Gasteiger partial charge in [-0.15, -0.1) is 0 Å². The van der Waals surface area contributed by atoms with Crippen molar-refractivity contribution < 1.29 is 17.2 Å². The number of sulfonamides is 1. The summed E-state index contributed by atoms with van der Waals surface area (Å²) < 4.78 is 49.3. The number of halogens is 2. The number of nitriles is 1. The Kier molecular flexibility index (Phi) is 3.21. The zero-order valence-electron chi connectivity index (χ0n) is 7.37. The second kappa shape index (κ2) is 4.23. The van der Waals surface area contributed by atoms with Crippen LogP contribution >= 0.6 is 0 Å². The average Bonchev–Trinajstić information content (AvgIpc) is 2.09. The van der Waals surface area contributed by atoms with E-state index in [9.17, 15) is 17.2 Å². The van der Waals surface area contributed by atoms with Gasteiger partial charge in [0, 0.05) is 6.07 Å². The molecule has 0 aromatic heterocycles. The van der Waals surface area contributed by atoms with Gasteiger partial charge in [-0.1, -0.05) is 0 Å². The minimum Gasteiger partial charge on any atom is -0.280 e. The molecule has 0 aliphatic carbocycles. The van der Waals surface area contributed by atoms with E-state index in [1.807, 2.05) is 4.72 Å². The lowest BCUT2D eigenvalue weighted by atomic mass is 10.3. The molecular formula is C8H6F2N2O2S. The van der Waals surface area contributed by atoms with Gasteiger partial charge in [-0.2, -0.15) is 5.26 Å². The maximum Gasteiger partial charge on any atom is 0.246 e. The molecule has 0 amide bonds. The Balaban J connectivity index is 2.96. The Morgan fingerprint density at radius 2 is 2.07 bits per heavy atom. The molecule has 7 heteroatoms. The third-order valence-corrected chi connectivity index (χ3v) is 2.49. The van der Waals surface area contributed by atoms with Gasteiger partial charge >= 0.3 is 0 Å². The van der Waals surface area contributed by atoms with Crippen LogP contribution in [0.25, 0.3) is 0 Å². The average molecular weight is 232 g/mol. The second-order valence-corrected chi connectivity index (χ2v) is 4.37. The molecule has 0 saturated carbocycles. The van der Waals surface area contributed by atoms with Crippen molar-refractivity contribution in [3.05, 3.63) is 29.8 Å². The smallest absolute Gasteiger partial charge is 0.246 e. The summed E-state index contributed by atoms with van der Waals surface area (Å²) in [5.74, 6) is -2.63. The lowest BCUT2D eigenvalue weighted by Gasteiger charge is -2.05. The first-order valence-electron chi connectivity index (χ1n) is 3.77. The van der Waals surface area contributed by atoms with E-state index in [0.29, 0.717) is 6.07 Å². The van der Waals surface area contributed by atoms with Gasteiger partial charge in [0.05, 0.1) is 11.8 Å². The quantitative estimate of drug-likeness (QED) is 0.852. The number of anilines is 1. The summed E-state index contributed by atoms with van der Waals surface area (Å²) in [6.45, 7) is 0. The van der Waals surface area contributed by atoms with E-state index in [1.165, 1.54) is 6.07 Å². The standard InChI is InChI=1S/C8H6F2N2O2S/c9-6-1-2-8(7(10)5-6)12-15(13,14)4-3-11/h1-2,5,12H,4H2. The Bertz CT molecular complexity index is 508. The fraction of sp³-hybridized carbons (Fsp3) is 0.125. The molecule has 0 heterocycles. The van der Waals surface area contributed by atoms with Crippen molar-refractivity contribution in [2.75, 3.05) is 10.5 Å². The molecule has 0 aliphatic heterocycles. The van der Waals surface area contributed by atoms with E-state index in [4.69, 9.17) is 5.26 Å². The van der Waals surface area contributed by atoms with E-state index in [0.717, 1.165) is 12.1 Å². The highest BCUT2D eigenvalue weighted by atomic mass is 32.2. The molecule has 0 fully saturated rings. The fourth-order valence-corrected chi connectivity index (χ4v) is 1.60. The minimum absolute atomic E-state index is 0.383. The number of hydrogen-bond acceptors (Lipinski definition) is 3. The highest BCUT2D eigenvalue weighted by Crippen LogP contribution is 2.16. The highest BCUT2D eigenvalue weighted by Gasteiger charge is 2.12. The topological polar surface area (TPSA) is 70.0 Å². The van der Waals surface area contributed by atoms with Crippen LogP contribution in [0, 0.1) is 23.0 Å². The molecule has 1 N–H and O–H groups in total. The first-order valence-corrected chi connectivity index (χ1v) is 5.42. The maximum absolute atomic E-state index is 13.0. The fourth-order valence-electron chi connectivity index (χ4n) is 0.861. The molecule has 0 bridgehead atoms. The van der Waals surface area contributed by atoms with Crippen LogP contribution in [0.5, 0.6) is 0 Å². The first-order chi connectivity index (χ1) is 6.94. The van der Waals surface area contributed by atoms with Gasteiger partial charge in [-0.05, 0) is 12.1 Å². The molecule has 1 aromatic carbocycles. The van der Waals surface area contributed by atoms with Crippen molar-refractivity contribution in [1.29, 1.82) is 5.26 Å². The van der Waals surface area contributed by atoms with Gasteiger partial charge in [0.1, 0.15) is 11.6 Å². The van der Waals surface area contributed by atoms with Crippen molar-refractivity contribution in [2.24, 2.45) is 0 Å². The van der Waals surface area contributed by atoms with Gasteiger partial charge in [-0.3, -0.25) is 4.72 Å². The van der Waals surface area contributed by atoms with Crippen molar-refractivity contribution in [3.8, 4) is 6.07 Å². The molecule has 0 spiro atoms. The summed E-state index contributed by atoms with van der Waals surface area (Å²) >= 11 is 0. The summed E-state index contributed by atoms with van der Waals surface area (Å²) in [5, 5.41) is 8.17. The van der Waals surface area contributed by atoms with Crippen LogP contribution < -0.4 is 4.72 Å². The van der Waals surface area contributed by atoms with Gasteiger partial charge in [0.2, 0.25) is 10.0 Å². The van der Waals surface area contributed by atoms with Crippen LogP contribution in [0.4, 0.5) is 14.5 Å². The van der Waals surface area contributed by atoms with Crippen LogP contribution in [0.2, 0.25) is 0 Å². The van der Waals surface area contributed by atoms with Gasteiger partial charge < -0.3 is 0 Å². The summed E-state index contributed by atoms with van der Waals surface area (Å²) in [6.07, 6.45) is 0. The third kappa shape index (κ3) is 3.18. The molecule has 80 valence electrons. The molecule has 0 saturated heterocycles. The summed E-state index contributed by atoms with van der Waals surface area (Å²) in [5.41, 5.74) is -0.383. The highest BCUT2D eigenvalue weighted by molar-refractivity contribution is 7.92. The van der Waals surface area contributed by atoms with Crippen molar-refractivity contribution in [1.82, 2.24) is 0 Å². The first kappa shape index (κ1) is 11.4. The molecule has 0 aliphatic rings. The van der Waals surface area contributed by atoms with Gasteiger partial charge in [-0.25, -0.2) is 17.2 Å². The maximum atomic E-state index is 13.0. The van der Waals surface area contributed by atoms with Crippen LogP contribution in [-0.2, 0) is 10.0 Å². The number of benzene rings is 1.